The van der Waals surface area contributed by atoms with Gasteiger partial charge in [0.25, 0.3) is 0 Å². The van der Waals surface area contributed by atoms with Crippen molar-refractivity contribution in [1.29, 1.82) is 0 Å². The molecular weight excluding hydrogens is 233 g/mol. The molecule has 2 N–H and O–H groups in total. The standard InChI is InChI=1S/C10H13BrFN/c1-7-6-8(2-3-9(7)11)10(12)4-5-13/h2-3,6,10H,4-5,13H2,1H3. The van der Waals surface area contributed by atoms with Crippen LogP contribution in [-0.2, 0) is 0 Å². The Morgan fingerprint density at radius 1 is 1.54 bits per heavy atom. The van der Waals surface area contributed by atoms with Crippen LogP contribution in [0.2, 0.25) is 0 Å². The van der Waals surface area contributed by atoms with Crippen LogP contribution < -0.4 is 5.73 Å². The first-order chi connectivity index (χ1) is 6.15. The summed E-state index contributed by atoms with van der Waals surface area (Å²) < 4.78 is 14.4. The second kappa shape index (κ2) is 4.72. The molecule has 1 unspecified atom stereocenters. The Labute approximate surface area is 86.3 Å². The van der Waals surface area contributed by atoms with Crippen LogP contribution in [0, 0.1) is 6.92 Å². The number of hydrogen-bond acceptors (Lipinski definition) is 1. The smallest absolute Gasteiger partial charge is 0.126 e. The summed E-state index contributed by atoms with van der Waals surface area (Å²) in [6.45, 7) is 2.33. The van der Waals surface area contributed by atoms with Crippen molar-refractivity contribution in [2.24, 2.45) is 5.73 Å². The molecule has 1 atom stereocenters. The fraction of sp³-hybridized carbons (Fsp3) is 0.400. The van der Waals surface area contributed by atoms with E-state index in [4.69, 9.17) is 5.73 Å². The molecule has 1 aromatic carbocycles. The first-order valence-corrected chi connectivity index (χ1v) is 5.04. The van der Waals surface area contributed by atoms with E-state index in [-0.39, 0.29) is 0 Å². The fourth-order valence-corrected chi connectivity index (χ4v) is 1.42. The third kappa shape index (κ3) is 2.78. The average Bonchev–Trinajstić information content (AvgIpc) is 2.10. The molecule has 72 valence electrons. The van der Waals surface area contributed by atoms with Crippen LogP contribution in [-0.4, -0.2) is 6.54 Å². The molecule has 3 heteroatoms. The molecule has 0 radical (unpaired) electrons. The molecule has 0 aliphatic carbocycles. The molecule has 1 aromatic rings. The van der Waals surface area contributed by atoms with E-state index in [2.05, 4.69) is 15.9 Å². The molecule has 0 heterocycles. The Kier molecular flexibility index (Phi) is 3.88. The number of benzene rings is 1. The minimum atomic E-state index is -0.934. The van der Waals surface area contributed by atoms with E-state index in [1.54, 1.807) is 6.07 Å². The van der Waals surface area contributed by atoms with Gasteiger partial charge in [-0.1, -0.05) is 28.1 Å². The number of halogens is 2. The molecule has 1 rings (SSSR count). The second-order valence-electron chi connectivity index (χ2n) is 3.05. The summed E-state index contributed by atoms with van der Waals surface area (Å²) >= 11 is 3.37. The van der Waals surface area contributed by atoms with Gasteiger partial charge in [-0.05, 0) is 37.1 Å². The van der Waals surface area contributed by atoms with Crippen molar-refractivity contribution >= 4 is 15.9 Å². The summed E-state index contributed by atoms with van der Waals surface area (Å²) in [5, 5.41) is 0. The Hall–Kier alpha value is -0.410. The quantitative estimate of drug-likeness (QED) is 0.871. The summed E-state index contributed by atoms with van der Waals surface area (Å²) in [5.74, 6) is 0. The van der Waals surface area contributed by atoms with Crippen molar-refractivity contribution in [3.8, 4) is 0 Å². The molecule has 0 saturated heterocycles. The number of aryl methyl sites for hydroxylation is 1. The van der Waals surface area contributed by atoms with E-state index in [0.29, 0.717) is 18.5 Å². The maximum absolute atomic E-state index is 13.4. The van der Waals surface area contributed by atoms with Crippen LogP contribution in [0.5, 0.6) is 0 Å². The van der Waals surface area contributed by atoms with Gasteiger partial charge in [0.2, 0.25) is 0 Å². The Morgan fingerprint density at radius 2 is 2.23 bits per heavy atom. The zero-order valence-corrected chi connectivity index (χ0v) is 9.14. The zero-order valence-electron chi connectivity index (χ0n) is 7.56. The molecule has 1 nitrogen and oxygen atoms in total. The lowest BCUT2D eigenvalue weighted by Gasteiger charge is -2.08. The van der Waals surface area contributed by atoms with Crippen LogP contribution in [0.1, 0.15) is 23.7 Å². The first kappa shape index (κ1) is 10.7. The third-order valence-corrected chi connectivity index (χ3v) is 2.85. The number of rotatable bonds is 3. The number of alkyl halides is 1. The highest BCUT2D eigenvalue weighted by Gasteiger charge is 2.08. The van der Waals surface area contributed by atoms with Crippen LogP contribution >= 0.6 is 15.9 Å². The Morgan fingerprint density at radius 3 is 2.77 bits per heavy atom. The average molecular weight is 246 g/mol. The van der Waals surface area contributed by atoms with Gasteiger partial charge in [-0.3, -0.25) is 0 Å². The molecule has 0 aromatic heterocycles. The maximum Gasteiger partial charge on any atom is 0.126 e. The molecule has 0 aliphatic rings. The summed E-state index contributed by atoms with van der Waals surface area (Å²) in [4.78, 5) is 0. The third-order valence-electron chi connectivity index (χ3n) is 1.96. The van der Waals surface area contributed by atoms with Crippen LogP contribution in [0.4, 0.5) is 4.39 Å². The highest BCUT2D eigenvalue weighted by Crippen LogP contribution is 2.25. The SMILES string of the molecule is Cc1cc(C(F)CCN)ccc1Br. The van der Waals surface area contributed by atoms with Crippen molar-refractivity contribution in [3.63, 3.8) is 0 Å². The van der Waals surface area contributed by atoms with Gasteiger partial charge in [0.1, 0.15) is 6.17 Å². The van der Waals surface area contributed by atoms with E-state index in [1.807, 2.05) is 19.1 Å². The summed E-state index contributed by atoms with van der Waals surface area (Å²) in [5.41, 5.74) is 7.05. The van der Waals surface area contributed by atoms with Crippen LogP contribution in [0.15, 0.2) is 22.7 Å². The monoisotopic (exact) mass is 245 g/mol. The molecule has 0 amide bonds. The molecular formula is C10H13BrFN. The topological polar surface area (TPSA) is 26.0 Å². The van der Waals surface area contributed by atoms with E-state index in [9.17, 15) is 4.39 Å². The van der Waals surface area contributed by atoms with Crippen molar-refractivity contribution in [1.82, 2.24) is 0 Å². The van der Waals surface area contributed by atoms with Gasteiger partial charge in [0.05, 0.1) is 0 Å². The van der Waals surface area contributed by atoms with Gasteiger partial charge in [-0.15, -0.1) is 0 Å². The van der Waals surface area contributed by atoms with E-state index >= 15 is 0 Å². The van der Waals surface area contributed by atoms with Crippen molar-refractivity contribution in [2.75, 3.05) is 6.54 Å². The van der Waals surface area contributed by atoms with Crippen LogP contribution in [0.25, 0.3) is 0 Å². The Bertz CT molecular complexity index is 288. The molecule has 0 spiro atoms. The van der Waals surface area contributed by atoms with Crippen molar-refractivity contribution in [3.05, 3.63) is 33.8 Å². The number of nitrogens with two attached hydrogens (primary N) is 1. The highest BCUT2D eigenvalue weighted by atomic mass is 79.9. The largest absolute Gasteiger partial charge is 0.330 e. The van der Waals surface area contributed by atoms with Crippen molar-refractivity contribution < 1.29 is 4.39 Å². The van der Waals surface area contributed by atoms with E-state index in [0.717, 1.165) is 10.0 Å². The lowest BCUT2D eigenvalue weighted by molar-refractivity contribution is 0.327. The minimum Gasteiger partial charge on any atom is -0.330 e. The van der Waals surface area contributed by atoms with E-state index < -0.39 is 6.17 Å². The lowest BCUT2D eigenvalue weighted by Crippen LogP contribution is -2.03. The molecule has 0 aliphatic heterocycles. The van der Waals surface area contributed by atoms with Gasteiger partial charge in [-0.25, -0.2) is 4.39 Å². The van der Waals surface area contributed by atoms with Crippen LogP contribution in [0.3, 0.4) is 0 Å². The highest BCUT2D eigenvalue weighted by molar-refractivity contribution is 9.10. The van der Waals surface area contributed by atoms with Gasteiger partial charge < -0.3 is 5.73 Å². The van der Waals surface area contributed by atoms with Gasteiger partial charge in [0.15, 0.2) is 0 Å². The van der Waals surface area contributed by atoms with Gasteiger partial charge in [-0.2, -0.15) is 0 Å². The number of hydrogen-bond donors (Lipinski definition) is 1. The Balaban J connectivity index is 2.84. The molecule has 0 bridgehead atoms. The summed E-state index contributed by atoms with van der Waals surface area (Å²) in [6.07, 6.45) is -0.544. The summed E-state index contributed by atoms with van der Waals surface area (Å²) in [7, 11) is 0. The minimum absolute atomic E-state index is 0.385. The zero-order chi connectivity index (χ0) is 9.84. The molecule has 13 heavy (non-hydrogen) atoms. The second-order valence-corrected chi connectivity index (χ2v) is 3.91. The maximum atomic E-state index is 13.4. The predicted octanol–water partition coefficient (Wildman–Crippen LogP) is 3.12. The lowest BCUT2D eigenvalue weighted by atomic mass is 10.1. The molecule has 0 fully saturated rings. The normalized spacial score (nSPS) is 12.9. The molecule has 0 saturated carbocycles. The van der Waals surface area contributed by atoms with E-state index in [1.165, 1.54) is 0 Å². The summed E-state index contributed by atoms with van der Waals surface area (Å²) in [6, 6.07) is 5.51. The van der Waals surface area contributed by atoms with Crippen molar-refractivity contribution in [2.45, 2.75) is 19.5 Å². The van der Waals surface area contributed by atoms with Gasteiger partial charge in [0, 0.05) is 4.47 Å². The predicted molar refractivity (Wildman–Crippen MR) is 56.4 cm³/mol. The first-order valence-electron chi connectivity index (χ1n) is 4.25. The fourth-order valence-electron chi connectivity index (χ4n) is 1.18. The van der Waals surface area contributed by atoms with Gasteiger partial charge >= 0.3 is 0 Å².